The fourth-order valence-electron chi connectivity index (χ4n) is 6.96. The molecule has 1 heterocycles. The van der Waals surface area contributed by atoms with E-state index >= 15 is 0 Å². The Morgan fingerprint density at radius 3 is 2.10 bits per heavy atom. The summed E-state index contributed by atoms with van der Waals surface area (Å²) >= 11 is 0. The van der Waals surface area contributed by atoms with E-state index in [4.69, 9.17) is 14.9 Å². The van der Waals surface area contributed by atoms with Crippen molar-refractivity contribution in [3.63, 3.8) is 0 Å². The minimum atomic E-state index is -0.470. The summed E-state index contributed by atoms with van der Waals surface area (Å²) in [6, 6.07) is 27.0. The van der Waals surface area contributed by atoms with Crippen LogP contribution < -0.4 is 4.74 Å². The first-order chi connectivity index (χ1) is 23.4. The molecule has 1 atom stereocenters. The summed E-state index contributed by atoms with van der Waals surface area (Å²) in [5.74, 6) is -0.0577. The number of hydrogen-bond acceptors (Lipinski definition) is 6. The lowest BCUT2D eigenvalue weighted by Gasteiger charge is -2.35. The van der Waals surface area contributed by atoms with Crippen molar-refractivity contribution >= 4 is 16.8 Å². The summed E-state index contributed by atoms with van der Waals surface area (Å²) in [7, 11) is 0. The predicted molar refractivity (Wildman–Crippen MR) is 197 cm³/mol. The molecule has 0 radical (unpaired) electrons. The highest BCUT2D eigenvalue weighted by atomic mass is 16.5. The minimum Gasteiger partial charge on any atom is -0.505 e. The van der Waals surface area contributed by atoms with Gasteiger partial charge in [0.15, 0.2) is 23.0 Å². The number of aliphatic hydroxyl groups excluding tert-OH is 1. The number of carbonyl (C=O) groups is 1. The van der Waals surface area contributed by atoms with E-state index < -0.39 is 5.41 Å². The highest BCUT2D eigenvalue weighted by Gasteiger charge is 2.36. The number of aliphatic hydroxyl groups is 1. The summed E-state index contributed by atoms with van der Waals surface area (Å²) in [4.78, 5) is 16.1. The third kappa shape index (κ3) is 8.76. The molecule has 0 aliphatic carbocycles. The third-order valence-electron chi connectivity index (χ3n) is 8.98. The molecule has 7 heteroatoms. The van der Waals surface area contributed by atoms with Crippen LogP contribution in [0, 0.1) is 5.41 Å². The molecule has 5 rings (SSSR count). The van der Waals surface area contributed by atoms with Crippen LogP contribution in [0.15, 0.2) is 84.9 Å². The Labute approximate surface area is 291 Å². The Balaban J connectivity index is 1.67. The van der Waals surface area contributed by atoms with Gasteiger partial charge in [0.05, 0.1) is 18.3 Å². The second-order valence-electron chi connectivity index (χ2n) is 15.0. The van der Waals surface area contributed by atoms with Crippen molar-refractivity contribution in [2.24, 2.45) is 5.41 Å². The zero-order valence-corrected chi connectivity index (χ0v) is 29.9. The molecule has 49 heavy (non-hydrogen) atoms. The Hall–Kier alpha value is -4.49. The Bertz CT molecular complexity index is 1840. The van der Waals surface area contributed by atoms with E-state index in [9.17, 15) is 15.0 Å². The van der Waals surface area contributed by atoms with Gasteiger partial charge in [0.1, 0.15) is 11.0 Å². The monoisotopic (exact) mass is 661 g/mol. The molecule has 5 aromatic rings. The van der Waals surface area contributed by atoms with Gasteiger partial charge in [0.25, 0.3) is 0 Å². The lowest BCUT2D eigenvalue weighted by atomic mass is 9.71. The Morgan fingerprint density at radius 2 is 1.45 bits per heavy atom. The van der Waals surface area contributed by atoms with Crippen LogP contribution in [0.2, 0.25) is 0 Å². The summed E-state index contributed by atoms with van der Waals surface area (Å²) in [5.41, 5.74) is 4.51. The number of phenolic OH excluding ortho intramolecular Hbond substituents is 1. The van der Waals surface area contributed by atoms with Crippen molar-refractivity contribution < 1.29 is 19.7 Å². The van der Waals surface area contributed by atoms with Gasteiger partial charge < -0.3 is 14.9 Å². The van der Waals surface area contributed by atoms with Crippen LogP contribution in [0.25, 0.3) is 16.7 Å². The molecule has 0 bridgehead atoms. The molecule has 0 aliphatic rings. The van der Waals surface area contributed by atoms with Gasteiger partial charge in [-0.3, -0.25) is 4.79 Å². The van der Waals surface area contributed by atoms with Crippen LogP contribution in [0.3, 0.4) is 0 Å². The number of aromatic hydroxyl groups is 1. The highest BCUT2D eigenvalue weighted by molar-refractivity contribution is 6.12. The van der Waals surface area contributed by atoms with Gasteiger partial charge in [-0.25, -0.2) is 0 Å². The average molecular weight is 662 g/mol. The first kappa shape index (κ1) is 35.8. The smallest absolute Gasteiger partial charge is 0.197 e. The van der Waals surface area contributed by atoms with Crippen molar-refractivity contribution in [1.82, 2.24) is 15.0 Å². The van der Waals surface area contributed by atoms with Crippen LogP contribution in [-0.2, 0) is 11.8 Å². The SMILES string of the molecule is CCCCC(O)CCCOc1c(C(C)(C)CC(C)(C)C)cc(C(=O)c2ccccc2Cc2ccccc2)c(O)c1-n1nc2ccccc2n1. The van der Waals surface area contributed by atoms with Crippen molar-refractivity contribution in [3.8, 4) is 17.2 Å². The van der Waals surface area contributed by atoms with Gasteiger partial charge in [0, 0.05) is 11.1 Å². The number of phenols is 1. The van der Waals surface area contributed by atoms with Crippen molar-refractivity contribution in [2.45, 2.75) is 98.0 Å². The standard InChI is InChI=1S/C42H51N3O4/c1-7-8-20-31(46)21-16-25-49-40-34(42(5,6)28-41(2,3)4)27-33(39(48)37(40)45-43-35-23-14-15-24-36(35)44-45)38(47)32-22-13-12-19-30(32)26-29-17-10-9-11-18-29/h9-15,17-19,22-24,27,31,46,48H,7-8,16,20-21,25-26,28H2,1-6H3. The molecule has 0 spiro atoms. The highest BCUT2D eigenvalue weighted by Crippen LogP contribution is 2.47. The maximum atomic E-state index is 14.7. The number of carbonyl (C=O) groups excluding carboxylic acids is 1. The largest absolute Gasteiger partial charge is 0.505 e. The van der Waals surface area contributed by atoms with Gasteiger partial charge in [0.2, 0.25) is 0 Å². The first-order valence-corrected chi connectivity index (χ1v) is 17.6. The summed E-state index contributed by atoms with van der Waals surface area (Å²) in [6.45, 7) is 13.3. The van der Waals surface area contributed by atoms with E-state index in [2.05, 4.69) is 41.5 Å². The first-order valence-electron chi connectivity index (χ1n) is 17.6. The molecular formula is C42H51N3O4. The Morgan fingerprint density at radius 1 is 0.837 bits per heavy atom. The fraction of sp³-hybridized carbons (Fsp3) is 0.405. The van der Waals surface area contributed by atoms with Crippen molar-refractivity contribution in [2.75, 3.05) is 6.61 Å². The summed E-state index contributed by atoms with van der Waals surface area (Å²) in [5, 5.41) is 32.2. The Kier molecular flexibility index (Phi) is 11.2. The number of aromatic nitrogens is 3. The summed E-state index contributed by atoms with van der Waals surface area (Å²) in [6.07, 6.45) is 5.00. The molecule has 7 nitrogen and oxygen atoms in total. The van der Waals surface area contributed by atoms with Gasteiger partial charge in [-0.2, -0.15) is 0 Å². The zero-order valence-electron chi connectivity index (χ0n) is 29.9. The number of ketones is 1. The van der Waals surface area contributed by atoms with E-state index in [1.54, 1.807) is 0 Å². The van der Waals surface area contributed by atoms with Gasteiger partial charge in [-0.15, -0.1) is 15.0 Å². The minimum absolute atomic E-state index is 0.0483. The number of rotatable bonds is 15. The third-order valence-corrected chi connectivity index (χ3v) is 8.98. The number of hydrogen-bond donors (Lipinski definition) is 2. The second-order valence-corrected chi connectivity index (χ2v) is 15.0. The van der Waals surface area contributed by atoms with Crippen LogP contribution in [0.4, 0.5) is 0 Å². The lowest BCUT2D eigenvalue weighted by Crippen LogP contribution is -2.27. The van der Waals surface area contributed by atoms with Gasteiger partial charge in [-0.1, -0.05) is 121 Å². The molecule has 0 saturated carbocycles. The van der Waals surface area contributed by atoms with E-state index in [0.29, 0.717) is 48.2 Å². The maximum Gasteiger partial charge on any atom is 0.197 e. The number of fused-ring (bicyclic) bond motifs is 1. The maximum absolute atomic E-state index is 14.7. The van der Waals surface area contributed by atoms with Crippen LogP contribution in [0.1, 0.15) is 113 Å². The van der Waals surface area contributed by atoms with E-state index in [1.807, 2.05) is 84.9 Å². The van der Waals surface area contributed by atoms with E-state index in [-0.39, 0.29) is 34.3 Å². The number of unbranched alkanes of at least 4 members (excludes halogenated alkanes) is 1. The zero-order chi connectivity index (χ0) is 35.2. The molecule has 2 N–H and O–H groups in total. The topological polar surface area (TPSA) is 97.5 Å². The van der Waals surface area contributed by atoms with Crippen LogP contribution in [0.5, 0.6) is 11.5 Å². The molecule has 4 aromatic carbocycles. The molecule has 258 valence electrons. The predicted octanol–water partition coefficient (Wildman–Crippen LogP) is 9.37. The molecule has 0 saturated heterocycles. The molecule has 0 fully saturated rings. The quantitative estimate of drug-likeness (QED) is 0.0857. The normalized spacial score (nSPS) is 12.7. The van der Waals surface area contributed by atoms with Gasteiger partial charge >= 0.3 is 0 Å². The van der Waals surface area contributed by atoms with Crippen LogP contribution >= 0.6 is 0 Å². The molecule has 1 aromatic heterocycles. The average Bonchev–Trinajstić information content (AvgIpc) is 3.49. The molecule has 1 unspecified atom stereocenters. The van der Waals surface area contributed by atoms with Crippen molar-refractivity contribution in [1.29, 1.82) is 0 Å². The molecule has 0 amide bonds. The van der Waals surface area contributed by atoms with Crippen LogP contribution in [-0.4, -0.2) is 43.7 Å². The molecule has 0 aliphatic heterocycles. The van der Waals surface area contributed by atoms with E-state index in [0.717, 1.165) is 42.4 Å². The molecular weight excluding hydrogens is 610 g/mol. The second kappa shape index (κ2) is 15.4. The fourth-order valence-corrected chi connectivity index (χ4v) is 6.96. The lowest BCUT2D eigenvalue weighted by molar-refractivity contribution is 0.103. The van der Waals surface area contributed by atoms with E-state index in [1.165, 1.54) is 4.80 Å². The van der Waals surface area contributed by atoms with Gasteiger partial charge in [-0.05, 0) is 72.3 Å². The number of nitrogens with zero attached hydrogens (tertiary/aromatic N) is 3. The number of ether oxygens (including phenoxy) is 1. The summed E-state index contributed by atoms with van der Waals surface area (Å²) < 4.78 is 6.62. The van der Waals surface area contributed by atoms with Crippen molar-refractivity contribution in [3.05, 3.63) is 113 Å². The number of benzene rings is 4.